The first-order chi connectivity index (χ1) is 8.86. The summed E-state index contributed by atoms with van der Waals surface area (Å²) in [5, 5.41) is 11.3. The van der Waals surface area contributed by atoms with Crippen LogP contribution in [0.15, 0.2) is 29.3 Å². The van der Waals surface area contributed by atoms with Crippen LogP contribution < -0.4 is 5.32 Å². The number of benzene rings is 1. The van der Waals surface area contributed by atoms with Crippen molar-refractivity contribution in [3.05, 3.63) is 29.8 Å². The lowest BCUT2D eigenvalue weighted by Crippen LogP contribution is -2.27. The number of anilines is 1. The van der Waals surface area contributed by atoms with E-state index in [-0.39, 0.29) is 6.61 Å². The SMILES string of the molecule is C/C(=N/CCO)c1ccccc1NC(=O)C(Cl)(Cl)Cl. The first kappa shape index (κ1) is 16.2. The molecule has 19 heavy (non-hydrogen) atoms. The lowest BCUT2D eigenvalue weighted by molar-refractivity contribution is -0.115. The summed E-state index contributed by atoms with van der Waals surface area (Å²) >= 11 is 16.5. The van der Waals surface area contributed by atoms with Gasteiger partial charge in [0.15, 0.2) is 0 Å². The molecule has 104 valence electrons. The Hall–Kier alpha value is -0.810. The highest BCUT2D eigenvalue weighted by Crippen LogP contribution is 2.28. The molecule has 0 bridgehead atoms. The van der Waals surface area contributed by atoms with Gasteiger partial charge in [-0.3, -0.25) is 9.79 Å². The van der Waals surface area contributed by atoms with E-state index in [0.717, 1.165) is 0 Å². The van der Waals surface area contributed by atoms with Gasteiger partial charge in [-0.05, 0) is 13.0 Å². The monoisotopic (exact) mass is 322 g/mol. The number of carbonyl (C=O) groups is 1. The van der Waals surface area contributed by atoms with Crippen LogP contribution in [-0.2, 0) is 4.79 Å². The maximum absolute atomic E-state index is 11.6. The fourth-order valence-corrected chi connectivity index (χ4v) is 1.55. The molecule has 0 heterocycles. The third-order valence-corrected chi connectivity index (χ3v) is 2.79. The normalized spacial score (nSPS) is 12.4. The minimum Gasteiger partial charge on any atom is -0.394 e. The maximum atomic E-state index is 11.6. The van der Waals surface area contributed by atoms with Crippen LogP contribution in [0.2, 0.25) is 0 Å². The van der Waals surface area contributed by atoms with Crippen molar-refractivity contribution in [2.75, 3.05) is 18.5 Å². The summed E-state index contributed by atoms with van der Waals surface area (Å²) < 4.78 is -2.02. The lowest BCUT2D eigenvalue weighted by atomic mass is 10.1. The summed E-state index contributed by atoms with van der Waals surface area (Å²) in [7, 11) is 0. The molecule has 0 unspecified atom stereocenters. The topological polar surface area (TPSA) is 61.7 Å². The van der Waals surface area contributed by atoms with E-state index in [1.54, 1.807) is 31.2 Å². The van der Waals surface area contributed by atoms with E-state index in [0.29, 0.717) is 23.5 Å². The predicted octanol–water partition coefficient (Wildman–Crippen LogP) is 2.80. The highest BCUT2D eigenvalue weighted by Gasteiger charge is 2.31. The Labute approximate surface area is 126 Å². The fraction of sp³-hybridized carbons (Fsp3) is 0.333. The summed E-state index contributed by atoms with van der Waals surface area (Å²) in [5.74, 6) is -0.736. The molecule has 1 amide bonds. The van der Waals surface area contributed by atoms with Crippen LogP contribution in [0.3, 0.4) is 0 Å². The number of halogens is 3. The van der Waals surface area contributed by atoms with Crippen LogP contribution in [0.5, 0.6) is 0 Å². The van der Waals surface area contributed by atoms with Gasteiger partial charge in [0.05, 0.1) is 13.2 Å². The number of para-hydroxylation sites is 1. The summed E-state index contributed by atoms with van der Waals surface area (Å²) in [6.07, 6.45) is 0. The molecule has 0 fully saturated rings. The van der Waals surface area contributed by atoms with Gasteiger partial charge in [-0.25, -0.2) is 0 Å². The van der Waals surface area contributed by atoms with E-state index in [1.165, 1.54) is 0 Å². The largest absolute Gasteiger partial charge is 0.394 e. The first-order valence-electron chi connectivity index (χ1n) is 5.45. The van der Waals surface area contributed by atoms with Crippen molar-refractivity contribution in [3.63, 3.8) is 0 Å². The zero-order chi connectivity index (χ0) is 14.5. The van der Waals surface area contributed by atoms with E-state index >= 15 is 0 Å². The van der Waals surface area contributed by atoms with Gasteiger partial charge in [-0.2, -0.15) is 0 Å². The van der Waals surface area contributed by atoms with Crippen LogP contribution in [0.25, 0.3) is 0 Å². The molecule has 1 aromatic carbocycles. The van der Waals surface area contributed by atoms with Crippen LogP contribution in [0.4, 0.5) is 5.69 Å². The molecule has 0 aliphatic carbocycles. The maximum Gasteiger partial charge on any atom is 0.276 e. The number of nitrogens with zero attached hydrogens (tertiary/aromatic N) is 1. The second kappa shape index (κ2) is 7.10. The Balaban J connectivity index is 3.00. The standard InChI is InChI=1S/C12H13Cl3N2O2/c1-8(16-6-7-18)9-4-2-3-5-10(9)17-11(19)12(13,14)15/h2-5,18H,6-7H2,1H3,(H,17,19)/b16-8-. The first-order valence-corrected chi connectivity index (χ1v) is 6.59. The Morgan fingerprint density at radius 2 is 2.00 bits per heavy atom. The van der Waals surface area contributed by atoms with Crippen molar-refractivity contribution < 1.29 is 9.90 Å². The molecule has 0 atom stereocenters. The molecule has 7 heteroatoms. The molecule has 1 rings (SSSR count). The second-order valence-corrected chi connectivity index (χ2v) is 5.97. The highest BCUT2D eigenvalue weighted by atomic mass is 35.6. The number of alkyl halides is 3. The van der Waals surface area contributed by atoms with Crippen molar-refractivity contribution in [2.45, 2.75) is 10.7 Å². The number of hydrogen-bond acceptors (Lipinski definition) is 3. The molecule has 0 radical (unpaired) electrons. The zero-order valence-electron chi connectivity index (χ0n) is 10.2. The minimum atomic E-state index is -2.02. The predicted molar refractivity (Wildman–Crippen MR) is 79.5 cm³/mol. The van der Waals surface area contributed by atoms with Gasteiger partial charge in [0, 0.05) is 17.0 Å². The molecule has 0 aliphatic heterocycles. The van der Waals surface area contributed by atoms with Gasteiger partial charge >= 0.3 is 0 Å². The Kier molecular flexibility index (Phi) is 6.07. The molecule has 0 aliphatic rings. The van der Waals surface area contributed by atoms with Gasteiger partial charge in [0.2, 0.25) is 0 Å². The number of rotatable bonds is 4. The van der Waals surface area contributed by atoms with Crippen molar-refractivity contribution in [3.8, 4) is 0 Å². The fourth-order valence-electron chi connectivity index (χ4n) is 1.40. The highest BCUT2D eigenvalue weighted by molar-refractivity contribution is 6.76. The molecular weight excluding hydrogens is 311 g/mol. The van der Waals surface area contributed by atoms with E-state index < -0.39 is 9.70 Å². The van der Waals surface area contributed by atoms with Crippen molar-refractivity contribution in [1.29, 1.82) is 0 Å². The number of aliphatic hydroxyl groups excluding tert-OH is 1. The molecule has 0 saturated carbocycles. The molecule has 4 nitrogen and oxygen atoms in total. The second-order valence-electron chi connectivity index (χ2n) is 3.69. The quantitative estimate of drug-likeness (QED) is 0.661. The molecular formula is C12H13Cl3N2O2. The van der Waals surface area contributed by atoms with Crippen LogP contribution in [-0.4, -0.2) is 33.7 Å². The molecule has 0 spiro atoms. The number of nitrogens with one attached hydrogen (secondary N) is 1. The van der Waals surface area contributed by atoms with Crippen molar-refractivity contribution in [1.82, 2.24) is 0 Å². The Bertz CT molecular complexity index is 484. The Morgan fingerprint density at radius 1 is 1.37 bits per heavy atom. The van der Waals surface area contributed by atoms with Crippen LogP contribution in [0.1, 0.15) is 12.5 Å². The summed E-state index contributed by atoms with van der Waals surface area (Å²) in [4.78, 5) is 15.8. The van der Waals surface area contributed by atoms with E-state index in [1.807, 2.05) is 0 Å². The average molecular weight is 324 g/mol. The third-order valence-electron chi connectivity index (χ3n) is 2.27. The lowest BCUT2D eigenvalue weighted by Gasteiger charge is -2.14. The van der Waals surface area contributed by atoms with E-state index in [2.05, 4.69) is 10.3 Å². The summed E-state index contributed by atoms with van der Waals surface area (Å²) in [6, 6.07) is 7.01. The van der Waals surface area contributed by atoms with E-state index in [4.69, 9.17) is 39.9 Å². The smallest absolute Gasteiger partial charge is 0.276 e. The summed E-state index contributed by atoms with van der Waals surface area (Å²) in [6.45, 7) is 2.02. The number of carbonyl (C=O) groups excluding carboxylic acids is 1. The zero-order valence-corrected chi connectivity index (χ0v) is 12.4. The Morgan fingerprint density at radius 3 is 2.58 bits per heavy atom. The number of hydrogen-bond donors (Lipinski definition) is 2. The van der Waals surface area contributed by atoms with Crippen molar-refractivity contribution >= 4 is 52.1 Å². The molecule has 2 N–H and O–H groups in total. The number of amides is 1. The average Bonchev–Trinajstić information content (AvgIpc) is 2.35. The molecule has 0 aromatic heterocycles. The number of aliphatic imine (C=N–C) groups is 1. The minimum absolute atomic E-state index is 0.0416. The van der Waals surface area contributed by atoms with Crippen molar-refractivity contribution in [2.24, 2.45) is 4.99 Å². The van der Waals surface area contributed by atoms with Gasteiger partial charge in [-0.15, -0.1) is 0 Å². The van der Waals surface area contributed by atoms with Gasteiger partial charge in [-0.1, -0.05) is 53.0 Å². The van der Waals surface area contributed by atoms with E-state index in [9.17, 15) is 4.79 Å². The van der Waals surface area contributed by atoms with Crippen LogP contribution >= 0.6 is 34.8 Å². The molecule has 1 aromatic rings. The van der Waals surface area contributed by atoms with Gasteiger partial charge < -0.3 is 10.4 Å². The summed E-state index contributed by atoms with van der Waals surface area (Å²) in [5.41, 5.74) is 1.88. The van der Waals surface area contributed by atoms with Gasteiger partial charge in [0.1, 0.15) is 0 Å². The molecule has 0 saturated heterocycles. The van der Waals surface area contributed by atoms with Crippen LogP contribution in [0, 0.1) is 0 Å². The van der Waals surface area contributed by atoms with Gasteiger partial charge in [0.25, 0.3) is 9.70 Å². The number of aliphatic hydroxyl groups is 1. The third kappa shape index (κ3) is 4.99.